The molecule has 1 N–H and O–H groups in total. The van der Waals surface area contributed by atoms with Crippen LogP contribution in [0.4, 0.5) is 10.2 Å². The topological polar surface area (TPSA) is 56.3 Å². The third-order valence-corrected chi connectivity index (χ3v) is 6.23. The van der Waals surface area contributed by atoms with Crippen LogP contribution in [0.1, 0.15) is 18.4 Å². The zero-order chi connectivity index (χ0) is 20.0. The fourth-order valence-electron chi connectivity index (χ4n) is 4.81. The molecule has 0 amide bonds. The maximum atomic E-state index is 14.9. The van der Waals surface area contributed by atoms with E-state index in [4.69, 9.17) is 9.47 Å². The molecule has 2 unspecified atom stereocenters. The summed E-state index contributed by atoms with van der Waals surface area (Å²) in [6.07, 6.45) is 2.36. The van der Waals surface area contributed by atoms with Crippen molar-refractivity contribution in [1.29, 1.82) is 0 Å². The Hall–Kier alpha value is -2.73. The second-order valence-electron chi connectivity index (χ2n) is 8.07. The Bertz CT molecular complexity index is 1060. The molecule has 2 atom stereocenters. The molecule has 150 valence electrons. The van der Waals surface area contributed by atoms with Gasteiger partial charge in [0.25, 0.3) is 0 Å². The normalized spacial score (nSPS) is 23.3. The summed E-state index contributed by atoms with van der Waals surface area (Å²) in [5.41, 5.74) is 1.64. The minimum absolute atomic E-state index is 0.345. The summed E-state index contributed by atoms with van der Waals surface area (Å²) in [5, 5.41) is 14.4. The maximum Gasteiger partial charge on any atom is 0.156 e. The van der Waals surface area contributed by atoms with Gasteiger partial charge in [0.2, 0.25) is 0 Å². The highest BCUT2D eigenvalue weighted by molar-refractivity contribution is 6.01. The first kappa shape index (κ1) is 18.3. The van der Waals surface area contributed by atoms with Crippen LogP contribution in [-0.4, -0.2) is 36.6 Å². The summed E-state index contributed by atoms with van der Waals surface area (Å²) in [4.78, 5) is 0. The van der Waals surface area contributed by atoms with Gasteiger partial charge in [-0.05, 0) is 37.5 Å². The molecule has 5 nitrogen and oxygen atoms in total. The molecular weight excluding hydrogens is 369 g/mol. The first-order chi connectivity index (χ1) is 14.2. The standard InChI is InChI=1S/C23H24FN3O2/c1-13-9-18(24)20(19(10-13)28-2)22-16-5-3-4-6-17(16)23(27-26-22)25-21-14-7-8-15(21)12-29-11-14/h3-6,9-10,14-15,21H,7-8,11-12H2,1-2H3,(H,25,27). The van der Waals surface area contributed by atoms with Gasteiger partial charge in [-0.2, -0.15) is 0 Å². The maximum absolute atomic E-state index is 14.9. The number of benzene rings is 2. The average Bonchev–Trinajstić information content (AvgIpc) is 2.94. The molecule has 3 aromatic rings. The molecule has 0 spiro atoms. The molecule has 6 heteroatoms. The highest BCUT2D eigenvalue weighted by Crippen LogP contribution is 2.40. The number of rotatable bonds is 4. The summed E-state index contributed by atoms with van der Waals surface area (Å²) >= 11 is 0. The van der Waals surface area contributed by atoms with Crippen LogP contribution in [0.5, 0.6) is 5.75 Å². The van der Waals surface area contributed by atoms with E-state index in [1.165, 1.54) is 18.9 Å². The molecule has 0 radical (unpaired) electrons. The van der Waals surface area contributed by atoms with Gasteiger partial charge < -0.3 is 14.8 Å². The summed E-state index contributed by atoms with van der Waals surface area (Å²) in [6.45, 7) is 3.43. The van der Waals surface area contributed by atoms with Gasteiger partial charge in [-0.15, -0.1) is 10.2 Å². The van der Waals surface area contributed by atoms with E-state index in [1.54, 1.807) is 7.11 Å². The second-order valence-corrected chi connectivity index (χ2v) is 8.07. The predicted molar refractivity (Wildman–Crippen MR) is 111 cm³/mol. The van der Waals surface area contributed by atoms with E-state index in [0.717, 1.165) is 35.4 Å². The van der Waals surface area contributed by atoms with Crippen molar-refractivity contribution in [3.8, 4) is 17.0 Å². The number of halogens is 1. The van der Waals surface area contributed by atoms with Gasteiger partial charge in [0.1, 0.15) is 17.3 Å². The zero-order valence-corrected chi connectivity index (χ0v) is 16.6. The number of hydrogen-bond donors (Lipinski definition) is 1. The summed E-state index contributed by atoms with van der Waals surface area (Å²) in [5.74, 6) is 1.86. The first-order valence-electron chi connectivity index (χ1n) is 10.1. The lowest BCUT2D eigenvalue weighted by Crippen LogP contribution is -2.39. The van der Waals surface area contributed by atoms with E-state index >= 15 is 0 Å². The van der Waals surface area contributed by atoms with Crippen LogP contribution in [0.3, 0.4) is 0 Å². The fraction of sp³-hybridized carbons (Fsp3) is 0.391. The third kappa shape index (κ3) is 3.12. The fourth-order valence-corrected chi connectivity index (χ4v) is 4.81. The van der Waals surface area contributed by atoms with Crippen molar-refractivity contribution in [3.05, 3.63) is 47.8 Å². The van der Waals surface area contributed by atoms with Crippen LogP contribution < -0.4 is 10.1 Å². The Morgan fingerprint density at radius 1 is 1.07 bits per heavy atom. The Kier molecular flexibility index (Phi) is 4.59. The smallest absolute Gasteiger partial charge is 0.156 e. The molecule has 5 rings (SSSR count). The molecule has 1 saturated carbocycles. The Morgan fingerprint density at radius 2 is 1.79 bits per heavy atom. The van der Waals surface area contributed by atoms with Gasteiger partial charge >= 0.3 is 0 Å². The second kappa shape index (κ2) is 7.26. The number of hydrogen-bond acceptors (Lipinski definition) is 5. The highest BCUT2D eigenvalue weighted by atomic mass is 19.1. The number of methoxy groups -OCH3 is 1. The molecule has 2 aromatic carbocycles. The van der Waals surface area contributed by atoms with Crippen molar-refractivity contribution in [2.75, 3.05) is 25.6 Å². The van der Waals surface area contributed by atoms with E-state index in [0.29, 0.717) is 34.9 Å². The van der Waals surface area contributed by atoms with Crippen LogP contribution in [-0.2, 0) is 4.74 Å². The van der Waals surface area contributed by atoms with E-state index in [9.17, 15) is 4.39 Å². The van der Waals surface area contributed by atoms with Crippen molar-refractivity contribution < 1.29 is 13.9 Å². The van der Waals surface area contributed by atoms with Crippen LogP contribution in [0, 0.1) is 24.6 Å². The van der Waals surface area contributed by atoms with E-state index in [-0.39, 0.29) is 5.82 Å². The Labute approximate surface area is 169 Å². The van der Waals surface area contributed by atoms with Crippen LogP contribution in [0.25, 0.3) is 22.0 Å². The number of fused-ring (bicyclic) bond motifs is 3. The van der Waals surface area contributed by atoms with Gasteiger partial charge in [-0.25, -0.2) is 4.39 Å². The van der Waals surface area contributed by atoms with Crippen molar-refractivity contribution in [2.45, 2.75) is 25.8 Å². The Morgan fingerprint density at radius 3 is 2.52 bits per heavy atom. The molecular formula is C23H24FN3O2. The van der Waals surface area contributed by atoms with Crippen LogP contribution >= 0.6 is 0 Å². The molecule has 1 saturated heterocycles. The van der Waals surface area contributed by atoms with Crippen LogP contribution in [0.15, 0.2) is 36.4 Å². The van der Waals surface area contributed by atoms with Gasteiger partial charge in [0.05, 0.1) is 25.9 Å². The van der Waals surface area contributed by atoms with Crippen molar-refractivity contribution in [1.82, 2.24) is 10.2 Å². The first-order valence-corrected chi connectivity index (χ1v) is 10.1. The molecule has 1 aromatic heterocycles. The van der Waals surface area contributed by atoms with Gasteiger partial charge in [-0.1, -0.05) is 24.3 Å². The monoisotopic (exact) mass is 393 g/mol. The number of aromatic nitrogens is 2. The SMILES string of the molecule is COc1cc(C)cc(F)c1-c1nnc(NC2C3CCC2COC3)c2ccccc12. The molecule has 2 fully saturated rings. The quantitative estimate of drug-likeness (QED) is 0.703. The third-order valence-electron chi connectivity index (χ3n) is 6.23. The van der Waals surface area contributed by atoms with Crippen molar-refractivity contribution in [3.63, 3.8) is 0 Å². The van der Waals surface area contributed by atoms with Gasteiger partial charge in [-0.3, -0.25) is 0 Å². The number of aryl methyl sites for hydroxylation is 1. The highest BCUT2D eigenvalue weighted by Gasteiger charge is 2.40. The minimum atomic E-state index is -0.357. The van der Waals surface area contributed by atoms with Gasteiger partial charge in [0.15, 0.2) is 5.82 Å². The zero-order valence-electron chi connectivity index (χ0n) is 16.6. The molecule has 29 heavy (non-hydrogen) atoms. The summed E-state index contributed by atoms with van der Waals surface area (Å²) in [6, 6.07) is 11.5. The molecule has 2 aliphatic rings. The van der Waals surface area contributed by atoms with Gasteiger partial charge in [0, 0.05) is 28.7 Å². The number of anilines is 1. The molecule has 1 aliphatic heterocycles. The van der Waals surface area contributed by atoms with E-state index in [1.807, 2.05) is 37.3 Å². The Balaban J connectivity index is 1.61. The lowest BCUT2D eigenvalue weighted by molar-refractivity contribution is 0.0392. The molecule has 2 bridgehead atoms. The lowest BCUT2D eigenvalue weighted by Gasteiger charge is -2.31. The number of nitrogens with zero attached hydrogens (tertiary/aromatic N) is 2. The van der Waals surface area contributed by atoms with E-state index in [2.05, 4.69) is 15.5 Å². The molecule has 2 heterocycles. The average molecular weight is 393 g/mol. The van der Waals surface area contributed by atoms with Crippen molar-refractivity contribution >= 4 is 16.6 Å². The summed E-state index contributed by atoms with van der Waals surface area (Å²) < 4.78 is 26.1. The van der Waals surface area contributed by atoms with Crippen molar-refractivity contribution in [2.24, 2.45) is 11.8 Å². The minimum Gasteiger partial charge on any atom is -0.496 e. The number of ether oxygens (including phenoxy) is 2. The lowest BCUT2D eigenvalue weighted by atomic mass is 9.96. The molecule has 1 aliphatic carbocycles. The summed E-state index contributed by atoms with van der Waals surface area (Å²) in [7, 11) is 1.55. The number of nitrogens with one attached hydrogen (secondary N) is 1. The largest absolute Gasteiger partial charge is 0.496 e. The predicted octanol–water partition coefficient (Wildman–Crippen LogP) is 4.59. The van der Waals surface area contributed by atoms with Crippen LogP contribution in [0.2, 0.25) is 0 Å². The van der Waals surface area contributed by atoms with E-state index < -0.39 is 0 Å².